The summed E-state index contributed by atoms with van der Waals surface area (Å²) in [5.41, 5.74) is 2.50. The highest BCUT2D eigenvalue weighted by molar-refractivity contribution is 5.49. The molecule has 6 heteroatoms. The van der Waals surface area contributed by atoms with Crippen LogP contribution in [-0.2, 0) is 6.42 Å². The number of hydrogen-bond acceptors (Lipinski definition) is 4. The van der Waals surface area contributed by atoms with Crippen LogP contribution in [-0.4, -0.2) is 16.5 Å². The van der Waals surface area contributed by atoms with Crippen LogP contribution in [0.3, 0.4) is 0 Å². The van der Waals surface area contributed by atoms with Gasteiger partial charge < -0.3 is 5.32 Å². The molecule has 0 saturated heterocycles. The third-order valence-corrected chi connectivity index (χ3v) is 3.28. The Morgan fingerprint density at radius 3 is 2.71 bits per heavy atom. The molecule has 2 rings (SSSR count). The standard InChI is InChI=1S/C15H16FN3O2/c1-10-7-13(16)4-3-12(10)5-6-17-15-8-14(19(20)21)11(2)9-18-15/h3-4,7-9H,5-6H2,1-2H3,(H,17,18). The fraction of sp³-hybridized carbons (Fsp3) is 0.267. The van der Waals surface area contributed by atoms with Crippen LogP contribution in [0.15, 0.2) is 30.5 Å². The number of aryl methyl sites for hydroxylation is 2. The number of nitro groups is 1. The van der Waals surface area contributed by atoms with Gasteiger partial charge in [0.25, 0.3) is 5.69 Å². The van der Waals surface area contributed by atoms with Crippen molar-refractivity contribution >= 4 is 11.5 Å². The van der Waals surface area contributed by atoms with E-state index in [-0.39, 0.29) is 11.5 Å². The van der Waals surface area contributed by atoms with E-state index in [2.05, 4.69) is 10.3 Å². The molecule has 0 radical (unpaired) electrons. The molecule has 2 aromatic rings. The minimum Gasteiger partial charge on any atom is -0.370 e. The van der Waals surface area contributed by atoms with Crippen LogP contribution in [0.4, 0.5) is 15.9 Å². The van der Waals surface area contributed by atoms with E-state index in [1.54, 1.807) is 13.0 Å². The molecule has 0 unspecified atom stereocenters. The summed E-state index contributed by atoms with van der Waals surface area (Å²) in [5.74, 6) is 0.215. The molecule has 0 atom stereocenters. The number of nitrogens with zero attached hydrogens (tertiary/aromatic N) is 2. The Hall–Kier alpha value is -2.50. The van der Waals surface area contributed by atoms with Crippen LogP contribution in [0.5, 0.6) is 0 Å². The summed E-state index contributed by atoms with van der Waals surface area (Å²) in [6.45, 7) is 4.07. The first-order chi connectivity index (χ1) is 9.97. The van der Waals surface area contributed by atoms with Crippen molar-refractivity contribution in [3.8, 4) is 0 Å². The van der Waals surface area contributed by atoms with Crippen molar-refractivity contribution in [3.63, 3.8) is 0 Å². The molecule has 0 spiro atoms. The zero-order chi connectivity index (χ0) is 15.4. The van der Waals surface area contributed by atoms with E-state index in [9.17, 15) is 14.5 Å². The number of halogens is 1. The van der Waals surface area contributed by atoms with E-state index in [0.29, 0.717) is 24.3 Å². The average molecular weight is 289 g/mol. The van der Waals surface area contributed by atoms with E-state index >= 15 is 0 Å². The quantitative estimate of drug-likeness (QED) is 0.676. The first-order valence-corrected chi connectivity index (χ1v) is 6.57. The average Bonchev–Trinajstić information content (AvgIpc) is 2.42. The Balaban J connectivity index is 2.00. The number of pyridine rings is 1. The van der Waals surface area contributed by atoms with E-state index < -0.39 is 4.92 Å². The molecule has 1 aromatic heterocycles. The van der Waals surface area contributed by atoms with Crippen LogP contribution in [0.25, 0.3) is 0 Å². The number of benzene rings is 1. The topological polar surface area (TPSA) is 68.1 Å². The highest BCUT2D eigenvalue weighted by Crippen LogP contribution is 2.20. The molecule has 0 saturated carbocycles. The van der Waals surface area contributed by atoms with Gasteiger partial charge in [-0.05, 0) is 43.5 Å². The van der Waals surface area contributed by atoms with Gasteiger partial charge in [0.05, 0.1) is 11.0 Å². The van der Waals surface area contributed by atoms with Crippen LogP contribution in [0.1, 0.15) is 16.7 Å². The molecule has 0 bridgehead atoms. The van der Waals surface area contributed by atoms with Gasteiger partial charge >= 0.3 is 0 Å². The Kier molecular flexibility index (Phi) is 4.47. The maximum atomic E-state index is 13.0. The normalized spacial score (nSPS) is 10.4. The summed E-state index contributed by atoms with van der Waals surface area (Å²) < 4.78 is 13.0. The molecule has 21 heavy (non-hydrogen) atoms. The molecule has 0 fully saturated rings. The van der Waals surface area contributed by atoms with Gasteiger partial charge in [0.15, 0.2) is 0 Å². The lowest BCUT2D eigenvalue weighted by molar-refractivity contribution is -0.385. The van der Waals surface area contributed by atoms with Crippen molar-refractivity contribution in [1.29, 1.82) is 0 Å². The van der Waals surface area contributed by atoms with Crippen molar-refractivity contribution in [3.05, 3.63) is 63.1 Å². The lowest BCUT2D eigenvalue weighted by Gasteiger charge is -2.08. The van der Waals surface area contributed by atoms with Crippen LogP contribution >= 0.6 is 0 Å². The molecular weight excluding hydrogens is 273 g/mol. The van der Waals surface area contributed by atoms with E-state index in [4.69, 9.17) is 0 Å². The van der Waals surface area contributed by atoms with Crippen molar-refractivity contribution in [1.82, 2.24) is 4.98 Å². The van der Waals surface area contributed by atoms with Gasteiger partial charge in [-0.3, -0.25) is 10.1 Å². The van der Waals surface area contributed by atoms with Crippen molar-refractivity contribution in [2.24, 2.45) is 0 Å². The molecular formula is C15H16FN3O2. The second kappa shape index (κ2) is 6.30. The second-order valence-corrected chi connectivity index (χ2v) is 4.86. The third-order valence-electron chi connectivity index (χ3n) is 3.28. The number of anilines is 1. The summed E-state index contributed by atoms with van der Waals surface area (Å²) in [4.78, 5) is 14.5. The van der Waals surface area contributed by atoms with Gasteiger partial charge in [0.1, 0.15) is 11.6 Å². The van der Waals surface area contributed by atoms with Gasteiger partial charge in [-0.25, -0.2) is 9.37 Å². The van der Waals surface area contributed by atoms with Gasteiger partial charge in [0.2, 0.25) is 0 Å². The number of hydrogen-bond donors (Lipinski definition) is 1. The van der Waals surface area contributed by atoms with E-state index in [0.717, 1.165) is 11.1 Å². The van der Waals surface area contributed by atoms with Crippen molar-refractivity contribution in [2.75, 3.05) is 11.9 Å². The predicted octanol–water partition coefficient (Wildman–Crippen LogP) is 3.40. The lowest BCUT2D eigenvalue weighted by Crippen LogP contribution is -2.08. The van der Waals surface area contributed by atoms with Crippen molar-refractivity contribution < 1.29 is 9.31 Å². The number of rotatable bonds is 5. The van der Waals surface area contributed by atoms with Gasteiger partial charge in [-0.1, -0.05) is 6.07 Å². The number of nitrogens with one attached hydrogen (secondary N) is 1. The molecule has 0 aliphatic rings. The first kappa shape index (κ1) is 14.9. The minimum absolute atomic E-state index is 0.0467. The fourth-order valence-electron chi connectivity index (χ4n) is 2.07. The van der Waals surface area contributed by atoms with E-state index in [1.165, 1.54) is 24.4 Å². The smallest absolute Gasteiger partial charge is 0.277 e. The van der Waals surface area contributed by atoms with Crippen LogP contribution in [0, 0.1) is 29.8 Å². The zero-order valence-electron chi connectivity index (χ0n) is 11.9. The Morgan fingerprint density at radius 2 is 2.05 bits per heavy atom. The van der Waals surface area contributed by atoms with Crippen LogP contribution < -0.4 is 5.32 Å². The molecule has 0 amide bonds. The Morgan fingerprint density at radius 1 is 1.29 bits per heavy atom. The van der Waals surface area contributed by atoms with Crippen molar-refractivity contribution in [2.45, 2.75) is 20.3 Å². The Labute approximate surface area is 122 Å². The summed E-state index contributed by atoms with van der Waals surface area (Å²) in [6, 6.07) is 6.09. The molecule has 5 nitrogen and oxygen atoms in total. The highest BCUT2D eigenvalue weighted by Gasteiger charge is 2.11. The van der Waals surface area contributed by atoms with Gasteiger partial charge in [0, 0.05) is 18.3 Å². The zero-order valence-corrected chi connectivity index (χ0v) is 11.9. The SMILES string of the molecule is Cc1cc(F)ccc1CCNc1cc([N+](=O)[O-])c(C)cn1. The molecule has 0 aliphatic carbocycles. The largest absolute Gasteiger partial charge is 0.370 e. The maximum absolute atomic E-state index is 13.0. The summed E-state index contributed by atoms with van der Waals surface area (Å²) >= 11 is 0. The summed E-state index contributed by atoms with van der Waals surface area (Å²) in [6.07, 6.45) is 2.17. The predicted molar refractivity (Wildman–Crippen MR) is 79.0 cm³/mol. The third kappa shape index (κ3) is 3.75. The molecule has 1 N–H and O–H groups in total. The van der Waals surface area contributed by atoms with E-state index in [1.807, 2.05) is 6.92 Å². The molecule has 1 aromatic carbocycles. The van der Waals surface area contributed by atoms with Crippen LogP contribution in [0.2, 0.25) is 0 Å². The first-order valence-electron chi connectivity index (χ1n) is 6.57. The maximum Gasteiger partial charge on any atom is 0.277 e. The van der Waals surface area contributed by atoms with Gasteiger partial charge in [-0.2, -0.15) is 0 Å². The monoisotopic (exact) mass is 289 g/mol. The minimum atomic E-state index is -0.424. The molecule has 110 valence electrons. The fourth-order valence-corrected chi connectivity index (χ4v) is 2.07. The Bertz CT molecular complexity index is 674. The summed E-state index contributed by atoms with van der Waals surface area (Å²) in [7, 11) is 0. The summed E-state index contributed by atoms with van der Waals surface area (Å²) in [5, 5.41) is 13.9. The molecule has 0 aliphatic heterocycles. The lowest BCUT2D eigenvalue weighted by atomic mass is 10.1. The highest BCUT2D eigenvalue weighted by atomic mass is 19.1. The molecule has 1 heterocycles. The second-order valence-electron chi connectivity index (χ2n) is 4.86. The van der Waals surface area contributed by atoms with Gasteiger partial charge in [-0.15, -0.1) is 0 Å². The number of aromatic nitrogens is 1.